The number of fused-ring (bicyclic) bond motifs is 1. The fraction of sp³-hybridized carbons (Fsp3) is 0.571. The molecule has 3 N–H and O–H groups in total. The van der Waals surface area contributed by atoms with Crippen molar-refractivity contribution in [2.45, 2.75) is 82.7 Å². The summed E-state index contributed by atoms with van der Waals surface area (Å²) in [5.74, 6) is -0.229. The van der Waals surface area contributed by atoms with Crippen molar-refractivity contribution in [3.8, 4) is 11.5 Å². The highest BCUT2D eigenvalue weighted by Gasteiger charge is 2.55. The van der Waals surface area contributed by atoms with E-state index in [1.807, 2.05) is 33.1 Å². The van der Waals surface area contributed by atoms with Crippen molar-refractivity contribution in [3.05, 3.63) is 49.9 Å². The van der Waals surface area contributed by atoms with Crippen LogP contribution in [0.25, 0.3) is 0 Å². The van der Waals surface area contributed by atoms with Gasteiger partial charge in [0.05, 0.1) is 24.3 Å². The van der Waals surface area contributed by atoms with Gasteiger partial charge in [-0.15, -0.1) is 11.8 Å². The molecule has 1 aromatic heterocycles. The van der Waals surface area contributed by atoms with Gasteiger partial charge in [0.2, 0.25) is 0 Å². The van der Waals surface area contributed by atoms with Crippen molar-refractivity contribution in [3.63, 3.8) is 0 Å². The largest absolute Gasteiger partial charge is 0.448 e. The number of carbonyl (C=O) groups excluding carboxylic acids is 1. The number of amides is 1. The van der Waals surface area contributed by atoms with Crippen LogP contribution >= 0.6 is 23.4 Å². The molecule has 0 unspecified atom stereocenters. The maximum absolute atomic E-state index is 13.2. The topological polar surface area (TPSA) is 102 Å². The second kappa shape index (κ2) is 10.4. The predicted molar refractivity (Wildman–Crippen MR) is 149 cm³/mol. The van der Waals surface area contributed by atoms with Crippen LogP contribution in [-0.2, 0) is 11.3 Å². The average Bonchev–Trinajstić information content (AvgIpc) is 3.24. The lowest BCUT2D eigenvalue weighted by atomic mass is 9.68. The number of hydrogen-bond acceptors (Lipinski definition) is 7. The van der Waals surface area contributed by atoms with Crippen LogP contribution in [0.5, 0.6) is 11.5 Å². The Hall–Kier alpha value is -2.20. The van der Waals surface area contributed by atoms with E-state index in [2.05, 4.69) is 22.5 Å². The minimum atomic E-state index is -0.897. The number of aromatic nitrogens is 1. The first-order chi connectivity index (χ1) is 18.0. The number of hydrogen-bond donors (Lipinski definition) is 3. The molecule has 1 atom stereocenters. The van der Waals surface area contributed by atoms with Crippen LogP contribution in [0.3, 0.4) is 0 Å². The molecule has 2 fully saturated rings. The van der Waals surface area contributed by atoms with E-state index in [-0.39, 0.29) is 23.4 Å². The Morgan fingerprint density at radius 3 is 2.45 bits per heavy atom. The summed E-state index contributed by atoms with van der Waals surface area (Å²) in [6.45, 7) is 9.55. The molecule has 8 nitrogen and oxygen atoms in total. The van der Waals surface area contributed by atoms with E-state index < -0.39 is 5.79 Å². The molecule has 2 aliphatic heterocycles. The molecule has 0 spiro atoms. The molecule has 3 aliphatic rings. The van der Waals surface area contributed by atoms with Crippen molar-refractivity contribution >= 4 is 29.3 Å². The molecule has 2 aromatic rings. The van der Waals surface area contributed by atoms with Gasteiger partial charge in [0.15, 0.2) is 11.5 Å². The average molecular weight is 562 g/mol. The number of thioether (sulfide) groups is 1. The summed E-state index contributed by atoms with van der Waals surface area (Å²) in [4.78, 5) is 29.4. The number of halogens is 1. The Bertz CT molecular complexity index is 1300. The van der Waals surface area contributed by atoms with Crippen LogP contribution in [0.1, 0.15) is 66.7 Å². The van der Waals surface area contributed by atoms with Crippen LogP contribution in [0.2, 0.25) is 5.02 Å². The highest BCUT2D eigenvalue weighted by atomic mass is 35.5. The number of carbonyl (C=O) groups is 1. The van der Waals surface area contributed by atoms with E-state index in [0.29, 0.717) is 45.3 Å². The van der Waals surface area contributed by atoms with Crippen LogP contribution in [0, 0.1) is 19.3 Å². The van der Waals surface area contributed by atoms with Crippen molar-refractivity contribution in [2.75, 3.05) is 19.5 Å². The number of aryl methyl sites for hydroxylation is 1. The summed E-state index contributed by atoms with van der Waals surface area (Å²) in [5.41, 5.74) is 1.94. The van der Waals surface area contributed by atoms with Crippen molar-refractivity contribution in [1.29, 1.82) is 0 Å². The fourth-order valence-electron chi connectivity index (χ4n) is 5.65. The number of benzene rings is 1. The third-order valence-electron chi connectivity index (χ3n) is 8.45. The molecule has 38 heavy (non-hydrogen) atoms. The predicted octanol–water partition coefficient (Wildman–Crippen LogP) is 4.72. The van der Waals surface area contributed by atoms with Gasteiger partial charge in [0.25, 0.3) is 17.3 Å². The summed E-state index contributed by atoms with van der Waals surface area (Å²) < 4.78 is 18.3. The summed E-state index contributed by atoms with van der Waals surface area (Å²) >= 11 is 8.12. The first-order valence-corrected chi connectivity index (χ1v) is 14.7. The molecule has 10 heteroatoms. The summed E-state index contributed by atoms with van der Waals surface area (Å²) in [6.07, 6.45) is 5.85. The zero-order valence-electron chi connectivity index (χ0n) is 22.6. The minimum absolute atomic E-state index is 0.105. The summed E-state index contributed by atoms with van der Waals surface area (Å²) in [7, 11) is 0. The Kier molecular flexibility index (Phi) is 7.50. The number of pyridine rings is 1. The van der Waals surface area contributed by atoms with Crippen LogP contribution in [0.15, 0.2) is 21.8 Å². The molecule has 0 bridgehead atoms. The maximum atomic E-state index is 13.2. The van der Waals surface area contributed by atoms with Crippen molar-refractivity contribution < 1.29 is 19.0 Å². The molecular weight excluding hydrogens is 526 g/mol. The van der Waals surface area contributed by atoms with Gasteiger partial charge in [0.1, 0.15) is 0 Å². The number of aromatic amines is 1. The third kappa shape index (κ3) is 4.94. The van der Waals surface area contributed by atoms with E-state index in [0.717, 1.165) is 49.5 Å². The van der Waals surface area contributed by atoms with Gasteiger partial charge in [0, 0.05) is 52.2 Å². The second-order valence-corrected chi connectivity index (χ2v) is 12.3. The SMILES string of the molecule is CSc1cc(C)[nH]c(=O)c1CNC(=O)c1cc(Cl)c2c(c1C)O[C@@](C)(C1(C)CCC(NC3COC3)CC1)O2. The van der Waals surface area contributed by atoms with Crippen LogP contribution in [0.4, 0.5) is 0 Å². The summed E-state index contributed by atoms with van der Waals surface area (Å²) in [6, 6.07) is 4.46. The Morgan fingerprint density at radius 1 is 1.13 bits per heavy atom. The smallest absolute Gasteiger partial charge is 0.254 e. The quantitative estimate of drug-likeness (QED) is 0.420. The van der Waals surface area contributed by atoms with Gasteiger partial charge in [-0.05, 0) is 57.9 Å². The van der Waals surface area contributed by atoms with E-state index >= 15 is 0 Å². The molecule has 1 saturated carbocycles. The fourth-order valence-corrected chi connectivity index (χ4v) is 6.59. The number of nitrogens with one attached hydrogen (secondary N) is 3. The van der Waals surface area contributed by atoms with Gasteiger partial charge >= 0.3 is 0 Å². The summed E-state index contributed by atoms with van der Waals surface area (Å²) in [5, 5.41) is 6.92. The molecule has 0 radical (unpaired) electrons. The van der Waals surface area contributed by atoms with Gasteiger partial charge in [-0.2, -0.15) is 0 Å². The first kappa shape index (κ1) is 27.4. The second-order valence-electron chi connectivity index (χ2n) is 11.1. The highest BCUT2D eigenvalue weighted by molar-refractivity contribution is 7.98. The zero-order valence-corrected chi connectivity index (χ0v) is 24.2. The molecule has 1 saturated heterocycles. The van der Waals surface area contributed by atoms with Crippen molar-refractivity contribution in [2.24, 2.45) is 5.41 Å². The molecule has 3 heterocycles. The molecule has 1 aromatic carbocycles. The lowest BCUT2D eigenvalue weighted by Crippen LogP contribution is -2.56. The maximum Gasteiger partial charge on any atom is 0.254 e. The lowest BCUT2D eigenvalue weighted by molar-refractivity contribution is -0.172. The van der Waals surface area contributed by atoms with Gasteiger partial charge in [-0.25, -0.2) is 0 Å². The van der Waals surface area contributed by atoms with E-state index in [9.17, 15) is 9.59 Å². The third-order valence-corrected chi connectivity index (χ3v) is 9.53. The van der Waals surface area contributed by atoms with E-state index in [1.165, 1.54) is 11.8 Å². The first-order valence-electron chi connectivity index (χ1n) is 13.1. The molecule has 1 amide bonds. The molecule has 206 valence electrons. The number of rotatable bonds is 7. The molecule has 5 rings (SSSR count). The van der Waals surface area contributed by atoms with E-state index in [4.69, 9.17) is 25.8 Å². The Morgan fingerprint density at radius 2 is 1.82 bits per heavy atom. The number of ether oxygens (including phenoxy) is 3. The van der Waals surface area contributed by atoms with Gasteiger partial charge in [-0.1, -0.05) is 18.5 Å². The van der Waals surface area contributed by atoms with Crippen LogP contribution in [-0.4, -0.2) is 48.2 Å². The van der Waals surface area contributed by atoms with Gasteiger partial charge < -0.3 is 29.8 Å². The van der Waals surface area contributed by atoms with Gasteiger partial charge in [-0.3, -0.25) is 9.59 Å². The monoisotopic (exact) mass is 561 g/mol. The normalized spacial score (nSPS) is 26.7. The minimum Gasteiger partial charge on any atom is -0.448 e. The Labute approximate surface area is 232 Å². The van der Waals surface area contributed by atoms with E-state index in [1.54, 1.807) is 6.07 Å². The Balaban J connectivity index is 1.31. The van der Waals surface area contributed by atoms with Crippen molar-refractivity contribution in [1.82, 2.24) is 15.6 Å². The van der Waals surface area contributed by atoms with Crippen LogP contribution < -0.4 is 25.7 Å². The zero-order chi connectivity index (χ0) is 27.2. The molecular formula is C28H36ClN3O5S. The number of H-pyrrole nitrogens is 1. The molecule has 1 aliphatic carbocycles. The lowest BCUT2D eigenvalue weighted by Gasteiger charge is -2.46. The highest BCUT2D eigenvalue weighted by Crippen LogP contribution is 2.56. The standard InChI is InChI=1S/C28H36ClN3O5S/c1-15-10-22(38-5)20(26(34)31-15)12-30-25(33)19-11-21(29)24-23(16(19)2)36-28(4,37-24)27(3)8-6-17(7-9-27)32-18-13-35-14-18/h10-11,17-18,32H,6-9,12-14H2,1-5H3,(H,30,33)(H,31,34)/t17?,27?,28-/m1/s1.